The van der Waals surface area contributed by atoms with E-state index in [0.717, 1.165) is 6.42 Å². The Balaban J connectivity index is 1.93. The van der Waals surface area contributed by atoms with Gasteiger partial charge in [-0.25, -0.2) is 0 Å². The van der Waals surface area contributed by atoms with Gasteiger partial charge in [-0.2, -0.15) is 0 Å². The van der Waals surface area contributed by atoms with Crippen LogP contribution >= 0.6 is 0 Å². The third kappa shape index (κ3) is 2.18. The van der Waals surface area contributed by atoms with Gasteiger partial charge in [0.25, 0.3) is 0 Å². The van der Waals surface area contributed by atoms with Crippen molar-refractivity contribution in [1.82, 2.24) is 0 Å². The van der Waals surface area contributed by atoms with Gasteiger partial charge in [0.2, 0.25) is 0 Å². The van der Waals surface area contributed by atoms with Crippen molar-refractivity contribution in [2.24, 2.45) is 0 Å². The number of aryl methyl sites for hydroxylation is 1. The van der Waals surface area contributed by atoms with Gasteiger partial charge in [0, 0.05) is 23.8 Å². The van der Waals surface area contributed by atoms with E-state index >= 15 is 0 Å². The number of benzene rings is 2. The molecule has 1 aliphatic heterocycles. The quantitative estimate of drug-likeness (QED) is 0.803. The van der Waals surface area contributed by atoms with Crippen LogP contribution in [-0.4, -0.2) is 6.17 Å². The molecule has 2 aromatic rings. The number of hydrogen-bond donors (Lipinski definition) is 0. The summed E-state index contributed by atoms with van der Waals surface area (Å²) in [4.78, 5) is 4.70. The number of para-hydroxylation sites is 2. The molecule has 0 saturated carbocycles. The van der Waals surface area contributed by atoms with E-state index in [1.165, 1.54) is 16.9 Å². The minimum Gasteiger partial charge on any atom is -0.325 e. The van der Waals surface area contributed by atoms with Gasteiger partial charge in [-0.3, -0.25) is 0 Å². The largest absolute Gasteiger partial charge is 0.325 e. The molecule has 2 aromatic carbocycles. The Morgan fingerprint density at radius 3 is 2.20 bits per heavy atom. The van der Waals surface area contributed by atoms with Gasteiger partial charge < -0.3 is 9.80 Å². The topological polar surface area (TPSA) is 6.48 Å². The molecule has 0 amide bonds. The molecule has 20 heavy (non-hydrogen) atoms. The monoisotopic (exact) mass is 264 g/mol. The Labute approximate surface area is 121 Å². The molecule has 2 heteroatoms. The predicted molar refractivity (Wildman–Crippen MR) is 85.8 cm³/mol. The fraction of sp³-hybridized carbons (Fsp3) is 0.222. The average Bonchev–Trinajstić information content (AvgIpc) is 2.92. The van der Waals surface area contributed by atoms with E-state index < -0.39 is 0 Å². The number of rotatable bonds is 3. The van der Waals surface area contributed by atoms with Crippen molar-refractivity contribution < 1.29 is 0 Å². The first-order valence-electron chi connectivity index (χ1n) is 7.17. The summed E-state index contributed by atoms with van der Waals surface area (Å²) in [7, 11) is 0. The highest BCUT2D eigenvalue weighted by Crippen LogP contribution is 2.32. The van der Waals surface area contributed by atoms with Crippen LogP contribution < -0.4 is 9.80 Å². The van der Waals surface area contributed by atoms with E-state index in [-0.39, 0.29) is 0 Å². The smallest absolute Gasteiger partial charge is 0.110 e. The molecular formula is C18H20N2. The number of anilines is 2. The Bertz CT molecular complexity index is 604. The average molecular weight is 264 g/mol. The SMILES string of the molecule is CCC1N(c2ccccc2)C=CN1c1ccccc1C. The Hall–Kier alpha value is -2.22. The zero-order chi connectivity index (χ0) is 13.9. The molecule has 1 heterocycles. The first-order valence-corrected chi connectivity index (χ1v) is 7.17. The molecular weight excluding hydrogens is 244 g/mol. The van der Waals surface area contributed by atoms with Gasteiger partial charge >= 0.3 is 0 Å². The van der Waals surface area contributed by atoms with E-state index in [1.54, 1.807) is 0 Å². The standard InChI is InChI=1S/C18H20N2/c1-3-18-19(16-10-5-4-6-11-16)13-14-20(18)17-12-8-7-9-15(17)2/h4-14,18H,3H2,1-2H3. The Morgan fingerprint density at radius 1 is 0.850 bits per heavy atom. The summed E-state index contributed by atoms with van der Waals surface area (Å²) >= 11 is 0. The molecule has 0 saturated heterocycles. The maximum atomic E-state index is 2.36. The van der Waals surface area contributed by atoms with Crippen LogP contribution in [0.4, 0.5) is 11.4 Å². The second-order valence-corrected chi connectivity index (χ2v) is 5.12. The number of nitrogens with zero attached hydrogens (tertiary/aromatic N) is 2. The van der Waals surface area contributed by atoms with Crippen molar-refractivity contribution in [3.8, 4) is 0 Å². The van der Waals surface area contributed by atoms with E-state index in [4.69, 9.17) is 0 Å². The van der Waals surface area contributed by atoms with Crippen LogP contribution in [0.3, 0.4) is 0 Å². The van der Waals surface area contributed by atoms with Gasteiger partial charge in [0.1, 0.15) is 6.17 Å². The van der Waals surface area contributed by atoms with E-state index in [0.29, 0.717) is 6.17 Å². The summed E-state index contributed by atoms with van der Waals surface area (Å²) in [6.45, 7) is 4.40. The summed E-state index contributed by atoms with van der Waals surface area (Å²) in [5.41, 5.74) is 3.84. The Morgan fingerprint density at radius 2 is 1.50 bits per heavy atom. The van der Waals surface area contributed by atoms with E-state index in [9.17, 15) is 0 Å². The molecule has 2 nitrogen and oxygen atoms in total. The van der Waals surface area contributed by atoms with E-state index in [1.807, 2.05) is 0 Å². The number of hydrogen-bond acceptors (Lipinski definition) is 2. The summed E-state index contributed by atoms with van der Waals surface area (Å²) < 4.78 is 0. The summed E-state index contributed by atoms with van der Waals surface area (Å²) in [6.07, 6.45) is 5.77. The van der Waals surface area contributed by atoms with Crippen LogP contribution in [0.5, 0.6) is 0 Å². The molecule has 0 radical (unpaired) electrons. The van der Waals surface area contributed by atoms with Gasteiger partial charge in [-0.05, 0) is 37.1 Å². The van der Waals surface area contributed by atoms with Gasteiger partial charge in [0.15, 0.2) is 0 Å². The highest BCUT2D eigenvalue weighted by atomic mass is 15.4. The molecule has 3 rings (SSSR count). The Kier molecular flexibility index (Phi) is 3.46. The summed E-state index contributed by atoms with van der Waals surface area (Å²) in [6, 6.07) is 19.1. The van der Waals surface area contributed by atoms with Crippen LogP contribution in [0, 0.1) is 6.92 Å². The van der Waals surface area contributed by atoms with Crippen molar-refractivity contribution in [3.05, 3.63) is 72.6 Å². The fourth-order valence-corrected chi connectivity index (χ4v) is 2.82. The van der Waals surface area contributed by atoms with Gasteiger partial charge in [-0.15, -0.1) is 0 Å². The summed E-state index contributed by atoms with van der Waals surface area (Å²) in [5, 5.41) is 0. The van der Waals surface area contributed by atoms with E-state index in [2.05, 4.69) is 90.6 Å². The van der Waals surface area contributed by atoms with Gasteiger partial charge in [-0.1, -0.05) is 43.3 Å². The molecule has 0 fully saturated rings. The zero-order valence-corrected chi connectivity index (χ0v) is 12.0. The first-order chi connectivity index (χ1) is 9.81. The first kappa shape index (κ1) is 12.8. The molecule has 102 valence electrons. The third-order valence-electron chi connectivity index (χ3n) is 3.84. The minimum atomic E-state index is 0.346. The maximum absolute atomic E-state index is 2.36. The molecule has 0 N–H and O–H groups in total. The molecule has 0 aromatic heterocycles. The van der Waals surface area contributed by atoms with Crippen LogP contribution in [0.15, 0.2) is 67.0 Å². The lowest BCUT2D eigenvalue weighted by atomic mass is 10.1. The lowest BCUT2D eigenvalue weighted by Gasteiger charge is -2.32. The van der Waals surface area contributed by atoms with Crippen molar-refractivity contribution in [3.63, 3.8) is 0 Å². The maximum Gasteiger partial charge on any atom is 0.110 e. The van der Waals surface area contributed by atoms with Crippen molar-refractivity contribution >= 4 is 11.4 Å². The molecule has 1 atom stereocenters. The molecule has 1 unspecified atom stereocenters. The fourth-order valence-electron chi connectivity index (χ4n) is 2.82. The molecule has 0 spiro atoms. The predicted octanol–water partition coefficient (Wildman–Crippen LogP) is 4.53. The highest BCUT2D eigenvalue weighted by Gasteiger charge is 2.27. The van der Waals surface area contributed by atoms with Crippen LogP contribution in [0.1, 0.15) is 18.9 Å². The summed E-state index contributed by atoms with van der Waals surface area (Å²) in [5.74, 6) is 0. The van der Waals surface area contributed by atoms with Crippen molar-refractivity contribution in [2.45, 2.75) is 26.4 Å². The van der Waals surface area contributed by atoms with Crippen LogP contribution in [-0.2, 0) is 0 Å². The molecule has 0 aliphatic carbocycles. The highest BCUT2D eigenvalue weighted by molar-refractivity contribution is 5.63. The molecule has 1 aliphatic rings. The minimum absolute atomic E-state index is 0.346. The normalized spacial score (nSPS) is 17.8. The zero-order valence-electron chi connectivity index (χ0n) is 12.0. The lowest BCUT2D eigenvalue weighted by Crippen LogP contribution is -2.38. The van der Waals surface area contributed by atoms with Crippen LogP contribution in [0.25, 0.3) is 0 Å². The van der Waals surface area contributed by atoms with Gasteiger partial charge in [0.05, 0.1) is 0 Å². The second-order valence-electron chi connectivity index (χ2n) is 5.12. The van der Waals surface area contributed by atoms with Crippen molar-refractivity contribution in [2.75, 3.05) is 9.80 Å². The second kappa shape index (κ2) is 5.41. The third-order valence-corrected chi connectivity index (χ3v) is 3.84. The lowest BCUT2D eigenvalue weighted by molar-refractivity contribution is 0.657. The molecule has 0 bridgehead atoms. The van der Waals surface area contributed by atoms with Crippen LogP contribution in [0.2, 0.25) is 0 Å². The van der Waals surface area contributed by atoms with Crippen molar-refractivity contribution in [1.29, 1.82) is 0 Å².